The number of hydrogen-bond donors (Lipinski definition) is 1. The fraction of sp³-hybridized carbons (Fsp3) is 0.500. The molecule has 0 atom stereocenters. The highest BCUT2D eigenvalue weighted by Crippen LogP contribution is 2.26. The summed E-state index contributed by atoms with van der Waals surface area (Å²) in [4.78, 5) is 4.34. The molecule has 1 aromatic heterocycles. The minimum atomic E-state index is -0.261. The average Bonchev–Trinajstić information content (AvgIpc) is 2.89. The predicted octanol–water partition coefficient (Wildman–Crippen LogP) is 3.49. The molecule has 2 rings (SSSR count). The number of benzene rings is 1. The molecule has 0 amide bonds. The lowest BCUT2D eigenvalue weighted by molar-refractivity contribution is 0.289. The fourth-order valence-corrected chi connectivity index (χ4v) is 2.17. The minimum absolute atomic E-state index is 0.152. The molecule has 0 fully saturated rings. The van der Waals surface area contributed by atoms with E-state index >= 15 is 0 Å². The molecule has 21 heavy (non-hydrogen) atoms. The van der Waals surface area contributed by atoms with Gasteiger partial charge in [0, 0.05) is 12.0 Å². The Balaban J connectivity index is 2.06. The minimum Gasteiger partial charge on any atom is -0.339 e. The van der Waals surface area contributed by atoms with Gasteiger partial charge in [-0.1, -0.05) is 31.1 Å². The lowest BCUT2D eigenvalue weighted by Gasteiger charge is -2.22. The molecule has 0 bridgehead atoms. The van der Waals surface area contributed by atoms with Gasteiger partial charge in [0.15, 0.2) is 0 Å². The Morgan fingerprint density at radius 1 is 1.29 bits per heavy atom. The SMILES string of the molecule is Cc1ccc(-c2noc(CCC(C)(C)CCN)n2)cc1F. The topological polar surface area (TPSA) is 64.9 Å². The van der Waals surface area contributed by atoms with Crippen molar-refractivity contribution in [3.63, 3.8) is 0 Å². The molecule has 0 saturated carbocycles. The molecule has 0 radical (unpaired) electrons. The summed E-state index contributed by atoms with van der Waals surface area (Å²) in [5.74, 6) is 0.750. The summed E-state index contributed by atoms with van der Waals surface area (Å²) >= 11 is 0. The van der Waals surface area contributed by atoms with Crippen molar-refractivity contribution >= 4 is 0 Å². The highest BCUT2D eigenvalue weighted by atomic mass is 19.1. The summed E-state index contributed by atoms with van der Waals surface area (Å²) in [6.07, 6.45) is 2.58. The van der Waals surface area contributed by atoms with E-state index in [1.165, 1.54) is 6.07 Å². The Kier molecular flexibility index (Phi) is 4.73. The van der Waals surface area contributed by atoms with Crippen LogP contribution in [0.2, 0.25) is 0 Å². The van der Waals surface area contributed by atoms with Gasteiger partial charge in [0.25, 0.3) is 0 Å². The van der Waals surface area contributed by atoms with Gasteiger partial charge in [-0.25, -0.2) is 4.39 Å². The second-order valence-electron chi connectivity index (χ2n) is 6.18. The first-order valence-corrected chi connectivity index (χ1v) is 7.20. The summed E-state index contributed by atoms with van der Waals surface area (Å²) in [7, 11) is 0. The van der Waals surface area contributed by atoms with Crippen molar-refractivity contribution in [2.24, 2.45) is 11.1 Å². The smallest absolute Gasteiger partial charge is 0.226 e. The number of rotatable bonds is 6. The van der Waals surface area contributed by atoms with Crippen LogP contribution in [0.25, 0.3) is 11.4 Å². The number of aromatic nitrogens is 2. The van der Waals surface area contributed by atoms with Crippen LogP contribution in [0.4, 0.5) is 4.39 Å². The Bertz CT molecular complexity index is 607. The molecule has 0 saturated heterocycles. The van der Waals surface area contributed by atoms with Gasteiger partial charge in [0.1, 0.15) is 5.82 Å². The Morgan fingerprint density at radius 2 is 2.05 bits per heavy atom. The van der Waals surface area contributed by atoms with E-state index in [-0.39, 0.29) is 11.2 Å². The summed E-state index contributed by atoms with van der Waals surface area (Å²) in [5, 5.41) is 3.93. The van der Waals surface area contributed by atoms with E-state index in [1.54, 1.807) is 19.1 Å². The van der Waals surface area contributed by atoms with E-state index in [2.05, 4.69) is 24.0 Å². The van der Waals surface area contributed by atoms with E-state index in [4.69, 9.17) is 10.3 Å². The first-order chi connectivity index (χ1) is 9.91. The van der Waals surface area contributed by atoms with Gasteiger partial charge in [-0.05, 0) is 43.4 Å². The first kappa shape index (κ1) is 15.6. The second kappa shape index (κ2) is 6.35. The molecule has 0 unspecified atom stereocenters. The van der Waals surface area contributed by atoms with Crippen LogP contribution in [0.3, 0.4) is 0 Å². The number of aryl methyl sites for hydroxylation is 2. The number of nitrogens with zero attached hydrogens (tertiary/aromatic N) is 2. The maximum absolute atomic E-state index is 13.6. The van der Waals surface area contributed by atoms with Crippen molar-refractivity contribution in [2.45, 2.75) is 40.0 Å². The van der Waals surface area contributed by atoms with Gasteiger partial charge in [-0.3, -0.25) is 0 Å². The van der Waals surface area contributed by atoms with Gasteiger partial charge in [0.2, 0.25) is 11.7 Å². The molecule has 2 aromatic rings. The third kappa shape index (κ3) is 4.11. The maximum atomic E-state index is 13.6. The van der Waals surface area contributed by atoms with Gasteiger partial charge < -0.3 is 10.3 Å². The number of nitrogens with two attached hydrogens (primary N) is 1. The summed E-state index contributed by atoms with van der Waals surface area (Å²) < 4.78 is 18.8. The average molecular weight is 291 g/mol. The van der Waals surface area contributed by atoms with Crippen molar-refractivity contribution < 1.29 is 8.91 Å². The molecule has 5 heteroatoms. The van der Waals surface area contributed by atoms with E-state index < -0.39 is 0 Å². The largest absolute Gasteiger partial charge is 0.339 e. The standard InChI is InChI=1S/C16H22FN3O/c1-11-4-5-12(10-13(11)17)15-19-14(21-20-15)6-7-16(2,3)8-9-18/h4-5,10H,6-9,18H2,1-3H3. The van der Waals surface area contributed by atoms with Crippen molar-refractivity contribution in [1.82, 2.24) is 10.1 Å². The van der Waals surface area contributed by atoms with Crippen molar-refractivity contribution in [2.75, 3.05) is 6.54 Å². The van der Waals surface area contributed by atoms with Crippen LogP contribution < -0.4 is 5.73 Å². The monoisotopic (exact) mass is 291 g/mol. The van der Waals surface area contributed by atoms with Crippen LogP contribution in [0.15, 0.2) is 22.7 Å². The van der Waals surface area contributed by atoms with Gasteiger partial charge in [0.05, 0.1) is 0 Å². The Morgan fingerprint density at radius 3 is 2.71 bits per heavy atom. The molecule has 0 aliphatic carbocycles. The molecule has 2 N–H and O–H groups in total. The summed E-state index contributed by atoms with van der Waals surface area (Å²) in [6, 6.07) is 4.94. The van der Waals surface area contributed by atoms with Crippen molar-refractivity contribution in [3.8, 4) is 11.4 Å². The van der Waals surface area contributed by atoms with E-state index in [9.17, 15) is 4.39 Å². The van der Waals surface area contributed by atoms with Crippen LogP contribution in [-0.2, 0) is 6.42 Å². The summed E-state index contributed by atoms with van der Waals surface area (Å²) in [6.45, 7) is 6.74. The van der Waals surface area contributed by atoms with Crippen LogP contribution >= 0.6 is 0 Å². The first-order valence-electron chi connectivity index (χ1n) is 7.20. The van der Waals surface area contributed by atoms with Gasteiger partial charge >= 0.3 is 0 Å². The molecule has 1 heterocycles. The molecule has 0 aliphatic heterocycles. The molecular formula is C16H22FN3O. The zero-order chi connectivity index (χ0) is 15.5. The van der Waals surface area contributed by atoms with Crippen LogP contribution in [0.5, 0.6) is 0 Å². The second-order valence-corrected chi connectivity index (χ2v) is 6.18. The van der Waals surface area contributed by atoms with E-state index in [0.29, 0.717) is 35.8 Å². The molecular weight excluding hydrogens is 269 g/mol. The Hall–Kier alpha value is -1.75. The van der Waals surface area contributed by atoms with E-state index in [1.807, 2.05) is 0 Å². The third-order valence-electron chi connectivity index (χ3n) is 3.73. The highest BCUT2D eigenvalue weighted by Gasteiger charge is 2.19. The lowest BCUT2D eigenvalue weighted by Crippen LogP contribution is -2.17. The normalized spacial score (nSPS) is 11.9. The van der Waals surface area contributed by atoms with Crippen LogP contribution in [-0.4, -0.2) is 16.7 Å². The Labute approximate surface area is 124 Å². The summed E-state index contributed by atoms with van der Waals surface area (Å²) in [5.41, 5.74) is 6.99. The molecule has 114 valence electrons. The molecule has 0 aliphatic rings. The number of hydrogen-bond acceptors (Lipinski definition) is 4. The van der Waals surface area contributed by atoms with Gasteiger partial charge in [-0.2, -0.15) is 4.98 Å². The predicted molar refractivity (Wildman–Crippen MR) is 80.2 cm³/mol. The van der Waals surface area contributed by atoms with Crippen LogP contribution in [0.1, 0.15) is 38.1 Å². The third-order valence-corrected chi connectivity index (χ3v) is 3.73. The van der Waals surface area contributed by atoms with E-state index in [0.717, 1.165) is 12.8 Å². The molecule has 4 nitrogen and oxygen atoms in total. The zero-order valence-corrected chi connectivity index (χ0v) is 12.8. The van der Waals surface area contributed by atoms with Crippen molar-refractivity contribution in [3.05, 3.63) is 35.5 Å². The quantitative estimate of drug-likeness (QED) is 0.884. The highest BCUT2D eigenvalue weighted by molar-refractivity contribution is 5.54. The van der Waals surface area contributed by atoms with Gasteiger partial charge in [-0.15, -0.1) is 0 Å². The molecule has 1 aromatic carbocycles. The van der Waals surface area contributed by atoms with Crippen molar-refractivity contribution in [1.29, 1.82) is 0 Å². The van der Waals surface area contributed by atoms with Crippen LogP contribution in [0, 0.1) is 18.2 Å². The fourth-order valence-electron chi connectivity index (χ4n) is 2.17. The number of halogens is 1. The maximum Gasteiger partial charge on any atom is 0.226 e. The zero-order valence-electron chi connectivity index (χ0n) is 12.8. The lowest BCUT2D eigenvalue weighted by atomic mass is 9.84. The molecule has 0 spiro atoms.